The maximum absolute atomic E-state index is 12.8. The Morgan fingerprint density at radius 2 is 1.06 bits per heavy atom. The van der Waals surface area contributed by atoms with Crippen LogP contribution in [0.3, 0.4) is 0 Å². The van der Waals surface area contributed by atoms with Crippen molar-refractivity contribution in [1.29, 1.82) is 0 Å². The number of nitrogens with zero attached hydrogens (tertiary/aromatic N) is 1. The maximum atomic E-state index is 12.8. The van der Waals surface area contributed by atoms with Gasteiger partial charge < -0.3 is 24.8 Å². The first-order chi connectivity index (χ1) is 22.4. The third kappa shape index (κ3) is 30.6. The average Bonchev–Trinajstić information content (AvgIpc) is 2.99. The van der Waals surface area contributed by atoms with Crippen LogP contribution in [0, 0.1) is 5.92 Å². The molecule has 0 bridgehead atoms. The number of esters is 2. The van der Waals surface area contributed by atoms with Gasteiger partial charge in [0.25, 0.3) is 0 Å². The van der Waals surface area contributed by atoms with E-state index in [0.29, 0.717) is 32.5 Å². The van der Waals surface area contributed by atoms with Crippen molar-refractivity contribution < 1.29 is 34.4 Å². The average molecular weight is 672 g/mol. The molecule has 4 unspecified atom stereocenters. The lowest BCUT2D eigenvalue weighted by molar-refractivity contribution is -0.162. The van der Waals surface area contributed by atoms with Crippen molar-refractivity contribution >= 4 is 11.9 Å². The van der Waals surface area contributed by atoms with Gasteiger partial charge in [-0.15, -0.1) is 0 Å². The third-order valence-electron chi connectivity index (χ3n) is 8.63. The highest BCUT2D eigenvalue weighted by Gasteiger charge is 2.27. The molecule has 8 nitrogen and oxygen atoms in total. The molecule has 0 aliphatic carbocycles. The molecule has 8 heteroatoms. The van der Waals surface area contributed by atoms with E-state index in [1.165, 1.54) is 77.0 Å². The van der Waals surface area contributed by atoms with E-state index in [1.807, 2.05) is 0 Å². The fourth-order valence-corrected chi connectivity index (χ4v) is 6.00. The lowest BCUT2D eigenvalue weighted by atomic mass is 9.98. The third-order valence-corrected chi connectivity index (χ3v) is 8.63. The molecule has 0 aromatic rings. The van der Waals surface area contributed by atoms with Gasteiger partial charge >= 0.3 is 11.9 Å². The van der Waals surface area contributed by atoms with E-state index in [9.17, 15) is 24.9 Å². The molecule has 0 heterocycles. The molecule has 280 valence electrons. The molecule has 3 N–H and O–H groups in total. The number of aliphatic hydroxyl groups excluding tert-OH is 3. The van der Waals surface area contributed by atoms with Gasteiger partial charge in [-0.25, -0.2) is 0 Å². The van der Waals surface area contributed by atoms with Crippen molar-refractivity contribution in [2.75, 3.05) is 26.2 Å². The van der Waals surface area contributed by atoms with Crippen LogP contribution in [0.4, 0.5) is 0 Å². The molecular weight excluding hydrogens is 594 g/mol. The Balaban J connectivity index is 4.96. The summed E-state index contributed by atoms with van der Waals surface area (Å²) in [6, 6.07) is 0. The Labute approximate surface area is 289 Å². The van der Waals surface area contributed by atoms with Crippen LogP contribution in [0.25, 0.3) is 0 Å². The van der Waals surface area contributed by atoms with Gasteiger partial charge in [-0.3, -0.25) is 14.5 Å². The minimum Gasteiger partial charge on any atom is -0.463 e. The van der Waals surface area contributed by atoms with Crippen molar-refractivity contribution in [3.8, 4) is 0 Å². The van der Waals surface area contributed by atoms with Crippen LogP contribution < -0.4 is 0 Å². The minimum absolute atomic E-state index is 0.0612. The number of ether oxygens (including phenoxy) is 2. The molecule has 0 fully saturated rings. The molecule has 0 rings (SSSR count). The molecule has 0 spiro atoms. The number of hydrogen-bond donors (Lipinski definition) is 3. The summed E-state index contributed by atoms with van der Waals surface area (Å²) in [6.07, 6.45) is 21.5. The predicted octanol–water partition coefficient (Wildman–Crippen LogP) is 8.51. The zero-order chi connectivity index (χ0) is 35.3. The number of hydrogen-bond acceptors (Lipinski definition) is 8. The second-order valence-corrected chi connectivity index (χ2v) is 15.1. The summed E-state index contributed by atoms with van der Waals surface area (Å²) in [4.78, 5) is 27.5. The minimum atomic E-state index is -0.774. The molecule has 4 atom stereocenters. The van der Waals surface area contributed by atoms with Gasteiger partial charge in [-0.2, -0.15) is 0 Å². The quantitative estimate of drug-likeness (QED) is 0.0482. The standard InChI is InChI=1S/C39H77NO7/c1-7-9-11-13-15-17-19-21-26-35(42)30-40(31-36(43)27-22-20-18-16-14-12-10-8-2)28-24-23-25-34(38(45)46-32-33(3)41)29-37(44)47-39(4,5)6/h33-36,41-43H,7-32H2,1-6H3. The van der Waals surface area contributed by atoms with E-state index in [1.54, 1.807) is 27.7 Å². The highest BCUT2D eigenvalue weighted by atomic mass is 16.6. The van der Waals surface area contributed by atoms with E-state index >= 15 is 0 Å². The summed E-state index contributed by atoms with van der Waals surface area (Å²) in [5.41, 5.74) is -0.642. The van der Waals surface area contributed by atoms with Crippen LogP contribution >= 0.6 is 0 Å². The van der Waals surface area contributed by atoms with Crippen molar-refractivity contribution in [2.45, 2.75) is 207 Å². The summed E-state index contributed by atoms with van der Waals surface area (Å²) in [5, 5.41) is 31.4. The Morgan fingerprint density at radius 1 is 0.638 bits per heavy atom. The van der Waals surface area contributed by atoms with Crippen LogP contribution in [0.2, 0.25) is 0 Å². The Hall–Kier alpha value is -1.22. The van der Waals surface area contributed by atoms with E-state index in [4.69, 9.17) is 9.47 Å². The van der Waals surface area contributed by atoms with Crippen LogP contribution in [0.5, 0.6) is 0 Å². The highest BCUT2D eigenvalue weighted by Crippen LogP contribution is 2.20. The summed E-state index contributed by atoms with van der Waals surface area (Å²) >= 11 is 0. The lowest BCUT2D eigenvalue weighted by Crippen LogP contribution is -2.38. The second kappa shape index (κ2) is 29.7. The Kier molecular flexibility index (Phi) is 28.9. The van der Waals surface area contributed by atoms with Crippen LogP contribution in [0.15, 0.2) is 0 Å². The van der Waals surface area contributed by atoms with E-state index in [0.717, 1.165) is 44.9 Å². The fraction of sp³-hybridized carbons (Fsp3) is 0.949. The molecule has 0 saturated heterocycles. The number of aliphatic hydroxyl groups is 3. The van der Waals surface area contributed by atoms with Crippen molar-refractivity contribution in [2.24, 2.45) is 5.92 Å². The summed E-state index contributed by atoms with van der Waals surface area (Å²) in [7, 11) is 0. The SMILES string of the molecule is CCCCCCCCCCC(O)CN(CCCCC(CC(=O)OC(C)(C)C)C(=O)OCC(C)O)CC(O)CCCCCCCCCC. The number of carbonyl (C=O) groups is 2. The maximum Gasteiger partial charge on any atom is 0.309 e. The van der Waals surface area contributed by atoms with E-state index < -0.39 is 41.8 Å². The van der Waals surface area contributed by atoms with Gasteiger partial charge in [0.1, 0.15) is 12.2 Å². The monoisotopic (exact) mass is 672 g/mol. The molecule has 0 radical (unpaired) electrons. The van der Waals surface area contributed by atoms with Gasteiger partial charge in [-0.05, 0) is 59.9 Å². The Morgan fingerprint density at radius 3 is 1.49 bits per heavy atom. The second-order valence-electron chi connectivity index (χ2n) is 15.1. The number of unbranched alkanes of at least 4 members (excludes halogenated alkanes) is 15. The van der Waals surface area contributed by atoms with Gasteiger partial charge in [0.2, 0.25) is 0 Å². The van der Waals surface area contributed by atoms with E-state index in [-0.39, 0.29) is 13.0 Å². The van der Waals surface area contributed by atoms with Gasteiger partial charge in [0.05, 0.1) is 30.7 Å². The first-order valence-electron chi connectivity index (χ1n) is 19.5. The molecule has 0 aromatic heterocycles. The molecule has 0 aliphatic rings. The number of rotatable bonds is 32. The molecule has 0 saturated carbocycles. The zero-order valence-corrected chi connectivity index (χ0v) is 31.6. The number of carbonyl (C=O) groups excluding carboxylic acids is 2. The molecule has 47 heavy (non-hydrogen) atoms. The zero-order valence-electron chi connectivity index (χ0n) is 31.6. The van der Waals surface area contributed by atoms with Gasteiger partial charge in [-0.1, -0.05) is 123 Å². The molecule has 0 amide bonds. The first kappa shape index (κ1) is 45.8. The summed E-state index contributed by atoms with van der Waals surface area (Å²) in [6.45, 7) is 13.1. The van der Waals surface area contributed by atoms with Gasteiger partial charge in [0, 0.05) is 13.1 Å². The van der Waals surface area contributed by atoms with Gasteiger partial charge in [0.15, 0.2) is 0 Å². The Bertz CT molecular complexity index is 711. The molecular formula is C39H77NO7. The normalized spacial score (nSPS) is 14.6. The molecule has 0 aromatic carbocycles. The van der Waals surface area contributed by atoms with Crippen molar-refractivity contribution in [3.63, 3.8) is 0 Å². The highest BCUT2D eigenvalue weighted by molar-refractivity contribution is 5.80. The summed E-state index contributed by atoms with van der Waals surface area (Å²) < 4.78 is 10.7. The smallest absolute Gasteiger partial charge is 0.309 e. The topological polar surface area (TPSA) is 117 Å². The largest absolute Gasteiger partial charge is 0.463 e. The van der Waals surface area contributed by atoms with Crippen LogP contribution in [-0.2, 0) is 19.1 Å². The predicted molar refractivity (Wildman–Crippen MR) is 193 cm³/mol. The van der Waals surface area contributed by atoms with Crippen LogP contribution in [-0.4, -0.2) is 82.3 Å². The summed E-state index contributed by atoms with van der Waals surface area (Å²) in [5.74, 6) is -1.57. The van der Waals surface area contributed by atoms with Crippen LogP contribution in [0.1, 0.15) is 183 Å². The van der Waals surface area contributed by atoms with E-state index in [2.05, 4.69) is 18.7 Å². The lowest BCUT2D eigenvalue weighted by Gasteiger charge is -2.28. The van der Waals surface area contributed by atoms with Crippen molar-refractivity contribution in [3.05, 3.63) is 0 Å². The first-order valence-corrected chi connectivity index (χ1v) is 19.5. The molecule has 0 aliphatic heterocycles. The fourth-order valence-electron chi connectivity index (χ4n) is 6.00. The van der Waals surface area contributed by atoms with Crippen molar-refractivity contribution in [1.82, 2.24) is 4.90 Å².